The van der Waals surface area contributed by atoms with Crippen molar-refractivity contribution in [2.75, 3.05) is 6.61 Å². The van der Waals surface area contributed by atoms with Gasteiger partial charge in [0.15, 0.2) is 0 Å². The first-order chi connectivity index (χ1) is 9.22. The molecule has 0 radical (unpaired) electrons. The molecule has 1 aliphatic heterocycles. The molecule has 2 nitrogen and oxygen atoms in total. The molecule has 0 bridgehead atoms. The summed E-state index contributed by atoms with van der Waals surface area (Å²) in [5, 5.41) is 3.82. The van der Waals surface area contributed by atoms with Crippen molar-refractivity contribution in [1.82, 2.24) is 5.32 Å². The third kappa shape index (κ3) is 2.94. The average molecular weight is 259 g/mol. The van der Waals surface area contributed by atoms with Gasteiger partial charge in [0, 0.05) is 18.5 Å². The predicted octanol–water partition coefficient (Wildman–Crippen LogP) is 3.85. The number of benzene rings is 1. The standard InChI is InChI=1S/C17H25NO/c1-12-4-3-5-16(10-12)18-13(2)14-6-7-17-15(11-14)8-9-19-17/h6-7,11-13,16,18H,3-5,8-10H2,1-2H3. The van der Waals surface area contributed by atoms with Crippen molar-refractivity contribution in [2.24, 2.45) is 5.92 Å². The first kappa shape index (κ1) is 13.0. The molecule has 3 unspecified atom stereocenters. The minimum absolute atomic E-state index is 0.446. The normalized spacial score (nSPS) is 27.7. The molecule has 0 amide bonds. The van der Waals surface area contributed by atoms with Gasteiger partial charge in [-0.3, -0.25) is 0 Å². The Kier molecular flexibility index (Phi) is 3.79. The number of hydrogen-bond acceptors (Lipinski definition) is 2. The molecule has 1 aliphatic carbocycles. The van der Waals surface area contributed by atoms with Gasteiger partial charge in [-0.2, -0.15) is 0 Å². The third-order valence-corrected chi connectivity index (χ3v) is 4.64. The van der Waals surface area contributed by atoms with Crippen LogP contribution in [0, 0.1) is 5.92 Å². The Bertz CT molecular complexity index is 443. The monoisotopic (exact) mass is 259 g/mol. The molecule has 1 fully saturated rings. The van der Waals surface area contributed by atoms with E-state index in [-0.39, 0.29) is 0 Å². The molecule has 0 spiro atoms. The minimum atomic E-state index is 0.446. The van der Waals surface area contributed by atoms with Gasteiger partial charge in [0.25, 0.3) is 0 Å². The Hall–Kier alpha value is -1.02. The summed E-state index contributed by atoms with van der Waals surface area (Å²) >= 11 is 0. The fraction of sp³-hybridized carbons (Fsp3) is 0.647. The van der Waals surface area contributed by atoms with E-state index in [4.69, 9.17) is 4.74 Å². The molecule has 0 aromatic heterocycles. The average Bonchev–Trinajstić information content (AvgIpc) is 2.85. The van der Waals surface area contributed by atoms with Crippen LogP contribution >= 0.6 is 0 Å². The summed E-state index contributed by atoms with van der Waals surface area (Å²) in [7, 11) is 0. The molecule has 1 aromatic rings. The van der Waals surface area contributed by atoms with Gasteiger partial charge in [0.05, 0.1) is 6.61 Å². The lowest BCUT2D eigenvalue weighted by atomic mass is 9.86. The van der Waals surface area contributed by atoms with Gasteiger partial charge in [-0.15, -0.1) is 0 Å². The molecule has 2 aliphatic rings. The summed E-state index contributed by atoms with van der Waals surface area (Å²) in [5.74, 6) is 1.97. The van der Waals surface area contributed by atoms with E-state index in [1.54, 1.807) is 0 Å². The van der Waals surface area contributed by atoms with E-state index in [2.05, 4.69) is 37.4 Å². The first-order valence-corrected chi connectivity index (χ1v) is 7.74. The highest BCUT2D eigenvalue weighted by Gasteiger charge is 2.21. The van der Waals surface area contributed by atoms with Gasteiger partial charge in [-0.05, 0) is 42.9 Å². The summed E-state index contributed by atoms with van der Waals surface area (Å²) in [5.41, 5.74) is 2.78. The topological polar surface area (TPSA) is 21.3 Å². The molecular weight excluding hydrogens is 234 g/mol. The van der Waals surface area contributed by atoms with Gasteiger partial charge >= 0.3 is 0 Å². The van der Waals surface area contributed by atoms with E-state index >= 15 is 0 Å². The number of hydrogen-bond donors (Lipinski definition) is 1. The van der Waals surface area contributed by atoms with Crippen LogP contribution in [-0.4, -0.2) is 12.6 Å². The summed E-state index contributed by atoms with van der Waals surface area (Å²) in [6, 6.07) is 7.82. The second kappa shape index (κ2) is 5.54. The van der Waals surface area contributed by atoms with Gasteiger partial charge in [0.1, 0.15) is 5.75 Å². The lowest BCUT2D eigenvalue weighted by Gasteiger charge is -2.30. The molecule has 104 valence electrons. The fourth-order valence-electron chi connectivity index (χ4n) is 3.51. The molecule has 3 atom stereocenters. The van der Waals surface area contributed by atoms with Crippen LogP contribution < -0.4 is 10.1 Å². The predicted molar refractivity (Wildman–Crippen MR) is 78.6 cm³/mol. The molecular formula is C17H25NO. The summed E-state index contributed by atoms with van der Waals surface area (Å²) < 4.78 is 5.58. The SMILES string of the molecule is CC1CCCC(NC(C)c2ccc3c(c2)CCO3)C1. The van der Waals surface area contributed by atoms with E-state index < -0.39 is 0 Å². The second-order valence-electron chi connectivity index (χ2n) is 6.32. The van der Waals surface area contributed by atoms with Crippen LogP contribution in [0.25, 0.3) is 0 Å². The van der Waals surface area contributed by atoms with E-state index in [0.29, 0.717) is 12.1 Å². The Morgan fingerprint density at radius 3 is 3.05 bits per heavy atom. The molecule has 0 saturated heterocycles. The Labute approximate surface area is 116 Å². The van der Waals surface area contributed by atoms with Crippen molar-refractivity contribution in [2.45, 2.75) is 58.0 Å². The quantitative estimate of drug-likeness (QED) is 0.890. The zero-order valence-electron chi connectivity index (χ0n) is 12.1. The van der Waals surface area contributed by atoms with Crippen molar-refractivity contribution in [3.8, 4) is 5.75 Å². The largest absolute Gasteiger partial charge is 0.493 e. The highest BCUT2D eigenvalue weighted by molar-refractivity contribution is 5.40. The maximum Gasteiger partial charge on any atom is 0.122 e. The third-order valence-electron chi connectivity index (χ3n) is 4.64. The number of fused-ring (bicyclic) bond motifs is 1. The van der Waals surface area contributed by atoms with Crippen LogP contribution in [0.15, 0.2) is 18.2 Å². The van der Waals surface area contributed by atoms with E-state index in [0.717, 1.165) is 24.7 Å². The zero-order valence-corrected chi connectivity index (χ0v) is 12.1. The van der Waals surface area contributed by atoms with E-state index in [1.165, 1.54) is 36.8 Å². The molecule has 1 saturated carbocycles. The van der Waals surface area contributed by atoms with Crippen LogP contribution in [0.1, 0.15) is 56.7 Å². The summed E-state index contributed by atoms with van der Waals surface area (Å²) in [6.07, 6.45) is 6.52. The van der Waals surface area contributed by atoms with Gasteiger partial charge < -0.3 is 10.1 Å². The Morgan fingerprint density at radius 2 is 2.21 bits per heavy atom. The molecule has 3 rings (SSSR count). The van der Waals surface area contributed by atoms with Crippen molar-refractivity contribution < 1.29 is 4.74 Å². The van der Waals surface area contributed by atoms with Crippen LogP contribution in [-0.2, 0) is 6.42 Å². The smallest absolute Gasteiger partial charge is 0.122 e. The molecule has 1 aromatic carbocycles. The van der Waals surface area contributed by atoms with Crippen molar-refractivity contribution in [3.05, 3.63) is 29.3 Å². The first-order valence-electron chi connectivity index (χ1n) is 7.74. The maximum atomic E-state index is 5.58. The Balaban J connectivity index is 1.65. The molecule has 1 N–H and O–H groups in total. The number of nitrogens with one attached hydrogen (secondary N) is 1. The van der Waals surface area contributed by atoms with Crippen molar-refractivity contribution in [1.29, 1.82) is 0 Å². The fourth-order valence-corrected chi connectivity index (χ4v) is 3.51. The highest BCUT2D eigenvalue weighted by atomic mass is 16.5. The molecule has 2 heteroatoms. The van der Waals surface area contributed by atoms with Crippen molar-refractivity contribution >= 4 is 0 Å². The molecule has 1 heterocycles. The minimum Gasteiger partial charge on any atom is -0.493 e. The van der Waals surface area contributed by atoms with Crippen LogP contribution in [0.5, 0.6) is 5.75 Å². The molecule has 19 heavy (non-hydrogen) atoms. The summed E-state index contributed by atoms with van der Waals surface area (Å²) in [4.78, 5) is 0. The second-order valence-corrected chi connectivity index (χ2v) is 6.32. The lowest BCUT2D eigenvalue weighted by molar-refractivity contribution is 0.285. The van der Waals surface area contributed by atoms with E-state index in [1.807, 2.05) is 0 Å². The van der Waals surface area contributed by atoms with Gasteiger partial charge in [-0.1, -0.05) is 31.9 Å². The maximum absolute atomic E-state index is 5.58. The van der Waals surface area contributed by atoms with E-state index in [9.17, 15) is 0 Å². The van der Waals surface area contributed by atoms with Crippen molar-refractivity contribution in [3.63, 3.8) is 0 Å². The van der Waals surface area contributed by atoms with Gasteiger partial charge in [0.2, 0.25) is 0 Å². The van der Waals surface area contributed by atoms with Crippen LogP contribution in [0.2, 0.25) is 0 Å². The summed E-state index contributed by atoms with van der Waals surface area (Å²) in [6.45, 7) is 5.52. The number of rotatable bonds is 3. The Morgan fingerprint density at radius 1 is 1.32 bits per heavy atom. The van der Waals surface area contributed by atoms with Gasteiger partial charge in [-0.25, -0.2) is 0 Å². The van der Waals surface area contributed by atoms with Crippen LogP contribution in [0.3, 0.4) is 0 Å². The zero-order chi connectivity index (χ0) is 13.2. The van der Waals surface area contributed by atoms with Crippen LogP contribution in [0.4, 0.5) is 0 Å². The highest BCUT2D eigenvalue weighted by Crippen LogP contribution is 2.30. The lowest BCUT2D eigenvalue weighted by Crippen LogP contribution is -2.35. The number of ether oxygens (including phenoxy) is 1.